The normalized spacial score (nSPS) is 18.6. The fourth-order valence-electron chi connectivity index (χ4n) is 2.03. The van der Waals surface area contributed by atoms with Gasteiger partial charge in [0.05, 0.1) is 6.42 Å². The number of halogens is 1. The minimum absolute atomic E-state index is 0.0302. The quantitative estimate of drug-likeness (QED) is 0.737. The number of carbonyl (C=O) groups is 3. The van der Waals surface area contributed by atoms with Crippen molar-refractivity contribution in [2.75, 3.05) is 13.1 Å². The van der Waals surface area contributed by atoms with Crippen LogP contribution in [0.15, 0.2) is 18.3 Å². The van der Waals surface area contributed by atoms with Crippen LogP contribution < -0.4 is 5.32 Å². The number of amides is 2. The van der Waals surface area contributed by atoms with Gasteiger partial charge >= 0.3 is 5.97 Å². The van der Waals surface area contributed by atoms with Crippen LogP contribution in [0.3, 0.4) is 0 Å². The summed E-state index contributed by atoms with van der Waals surface area (Å²) < 4.78 is 13.0. The Bertz CT molecular complexity index is 563. The predicted octanol–water partition coefficient (Wildman–Crippen LogP) is -0.364. The second kappa shape index (κ2) is 5.64. The molecule has 8 heteroatoms. The van der Waals surface area contributed by atoms with Crippen LogP contribution >= 0.6 is 0 Å². The smallest absolute Gasteiger partial charge is 0.305 e. The first-order valence-corrected chi connectivity index (χ1v) is 5.91. The number of hydrogen-bond acceptors (Lipinski definition) is 4. The van der Waals surface area contributed by atoms with Gasteiger partial charge in [0.1, 0.15) is 6.04 Å². The van der Waals surface area contributed by atoms with Crippen LogP contribution in [0.5, 0.6) is 0 Å². The third-order valence-electron chi connectivity index (χ3n) is 2.93. The minimum atomic E-state index is -1.19. The molecule has 106 valence electrons. The molecule has 1 aliphatic heterocycles. The van der Waals surface area contributed by atoms with Gasteiger partial charge in [-0.25, -0.2) is 4.98 Å². The maximum Gasteiger partial charge on any atom is 0.305 e. The summed E-state index contributed by atoms with van der Waals surface area (Å²) in [7, 11) is 0. The summed E-state index contributed by atoms with van der Waals surface area (Å²) >= 11 is 0. The fraction of sp³-hybridized carbons (Fsp3) is 0.333. The Balaban J connectivity index is 2.25. The third kappa shape index (κ3) is 2.90. The Morgan fingerprint density at radius 3 is 2.95 bits per heavy atom. The lowest BCUT2D eigenvalue weighted by atomic mass is 10.1. The summed E-state index contributed by atoms with van der Waals surface area (Å²) in [5.41, 5.74) is 0.0302. The monoisotopic (exact) mass is 281 g/mol. The summed E-state index contributed by atoms with van der Waals surface area (Å²) in [5, 5.41) is 11.3. The van der Waals surface area contributed by atoms with E-state index in [0.29, 0.717) is 0 Å². The van der Waals surface area contributed by atoms with Gasteiger partial charge in [0, 0.05) is 30.9 Å². The highest BCUT2D eigenvalue weighted by Crippen LogP contribution is 2.14. The highest BCUT2D eigenvalue weighted by Gasteiger charge is 2.35. The Morgan fingerprint density at radius 2 is 2.30 bits per heavy atom. The molecule has 0 radical (unpaired) electrons. The Kier molecular flexibility index (Phi) is 3.92. The number of aromatic nitrogens is 1. The van der Waals surface area contributed by atoms with Crippen molar-refractivity contribution in [3.8, 4) is 0 Å². The Hall–Kier alpha value is -2.51. The molecule has 7 nitrogen and oxygen atoms in total. The molecule has 0 saturated carbocycles. The maximum atomic E-state index is 13.0. The first-order chi connectivity index (χ1) is 9.49. The van der Waals surface area contributed by atoms with Crippen molar-refractivity contribution in [1.29, 1.82) is 0 Å². The van der Waals surface area contributed by atoms with Gasteiger partial charge in [-0.2, -0.15) is 4.39 Å². The van der Waals surface area contributed by atoms with Crippen molar-refractivity contribution in [3.63, 3.8) is 0 Å². The lowest BCUT2D eigenvalue weighted by molar-refractivity contribution is -0.142. The van der Waals surface area contributed by atoms with E-state index in [4.69, 9.17) is 5.11 Å². The molecular weight excluding hydrogens is 269 g/mol. The lowest BCUT2D eigenvalue weighted by Crippen LogP contribution is -2.57. The molecule has 0 spiro atoms. The van der Waals surface area contributed by atoms with Gasteiger partial charge in [-0.15, -0.1) is 0 Å². The molecule has 2 heterocycles. The molecule has 1 aliphatic rings. The van der Waals surface area contributed by atoms with E-state index in [9.17, 15) is 18.8 Å². The number of aliphatic carboxylic acids is 1. The predicted molar refractivity (Wildman–Crippen MR) is 64.3 cm³/mol. The van der Waals surface area contributed by atoms with Gasteiger partial charge in [-0.1, -0.05) is 0 Å². The molecule has 20 heavy (non-hydrogen) atoms. The second-order valence-electron chi connectivity index (χ2n) is 4.27. The van der Waals surface area contributed by atoms with Crippen LogP contribution in [-0.4, -0.2) is 51.9 Å². The van der Waals surface area contributed by atoms with E-state index in [1.807, 2.05) is 0 Å². The molecule has 0 aliphatic carbocycles. The molecule has 1 aromatic heterocycles. The molecule has 1 saturated heterocycles. The van der Waals surface area contributed by atoms with E-state index >= 15 is 0 Å². The molecular formula is C12H12FN3O4. The Labute approximate surface area is 113 Å². The number of rotatable bonds is 3. The number of carboxylic acids is 1. The zero-order valence-electron chi connectivity index (χ0n) is 10.4. The second-order valence-corrected chi connectivity index (χ2v) is 4.27. The van der Waals surface area contributed by atoms with E-state index in [0.717, 1.165) is 17.2 Å². The van der Waals surface area contributed by atoms with E-state index in [-0.39, 0.29) is 18.7 Å². The summed E-state index contributed by atoms with van der Waals surface area (Å²) in [6.07, 6.45) is 0.643. The number of hydrogen-bond donors (Lipinski definition) is 2. The highest BCUT2D eigenvalue weighted by molar-refractivity contribution is 5.99. The van der Waals surface area contributed by atoms with Crippen LogP contribution in [0.1, 0.15) is 16.8 Å². The fourth-order valence-corrected chi connectivity index (χ4v) is 2.03. The van der Waals surface area contributed by atoms with E-state index in [1.165, 1.54) is 6.07 Å². The number of carboxylic acid groups (broad SMARTS) is 1. The molecule has 1 unspecified atom stereocenters. The van der Waals surface area contributed by atoms with Gasteiger partial charge < -0.3 is 15.3 Å². The van der Waals surface area contributed by atoms with Gasteiger partial charge in [0.2, 0.25) is 11.9 Å². The topological polar surface area (TPSA) is 99.6 Å². The standard InChI is InChI=1S/C12H12FN3O4/c13-9-5-7(1-2-14-9)12(20)16-4-3-15-11(19)8(16)6-10(17)18/h1-2,5,8H,3-4,6H2,(H,15,19)(H,17,18). The number of pyridine rings is 1. The summed E-state index contributed by atoms with van der Waals surface area (Å²) in [5.74, 6) is -3.12. The van der Waals surface area contributed by atoms with Gasteiger partial charge in [-0.3, -0.25) is 14.4 Å². The van der Waals surface area contributed by atoms with Crippen molar-refractivity contribution in [2.45, 2.75) is 12.5 Å². The molecule has 2 amide bonds. The number of nitrogens with one attached hydrogen (secondary N) is 1. The lowest BCUT2D eigenvalue weighted by Gasteiger charge is -2.34. The Morgan fingerprint density at radius 1 is 1.55 bits per heavy atom. The van der Waals surface area contributed by atoms with E-state index in [2.05, 4.69) is 10.3 Å². The van der Waals surface area contributed by atoms with Crippen LogP contribution in [0, 0.1) is 5.95 Å². The first kappa shape index (κ1) is 13.9. The van der Waals surface area contributed by atoms with Gasteiger partial charge in [0.15, 0.2) is 0 Å². The third-order valence-corrected chi connectivity index (χ3v) is 2.93. The molecule has 2 rings (SSSR count). The van der Waals surface area contributed by atoms with Crippen molar-refractivity contribution in [3.05, 3.63) is 29.8 Å². The summed E-state index contributed by atoms with van der Waals surface area (Å²) in [6.45, 7) is 0.403. The number of nitrogens with zero attached hydrogens (tertiary/aromatic N) is 2. The van der Waals surface area contributed by atoms with Crippen molar-refractivity contribution >= 4 is 17.8 Å². The van der Waals surface area contributed by atoms with Crippen LogP contribution in [0.2, 0.25) is 0 Å². The zero-order valence-corrected chi connectivity index (χ0v) is 10.4. The minimum Gasteiger partial charge on any atom is -0.481 e. The summed E-state index contributed by atoms with van der Waals surface area (Å²) in [4.78, 5) is 39.2. The first-order valence-electron chi connectivity index (χ1n) is 5.91. The number of piperazine rings is 1. The molecule has 2 N–H and O–H groups in total. The van der Waals surface area contributed by atoms with E-state index in [1.54, 1.807) is 0 Å². The summed E-state index contributed by atoms with van der Waals surface area (Å²) in [6, 6.07) is 1.17. The van der Waals surface area contributed by atoms with E-state index < -0.39 is 36.2 Å². The largest absolute Gasteiger partial charge is 0.481 e. The average molecular weight is 281 g/mol. The SMILES string of the molecule is O=C(O)CC1C(=O)NCCN1C(=O)c1ccnc(F)c1. The van der Waals surface area contributed by atoms with Crippen molar-refractivity contribution in [2.24, 2.45) is 0 Å². The van der Waals surface area contributed by atoms with Gasteiger partial charge in [0.25, 0.3) is 5.91 Å². The van der Waals surface area contributed by atoms with Crippen LogP contribution in [0.4, 0.5) is 4.39 Å². The molecule has 1 aromatic rings. The zero-order chi connectivity index (χ0) is 14.7. The molecule has 0 bridgehead atoms. The highest BCUT2D eigenvalue weighted by atomic mass is 19.1. The maximum absolute atomic E-state index is 13.0. The van der Waals surface area contributed by atoms with Crippen molar-refractivity contribution < 1.29 is 23.9 Å². The van der Waals surface area contributed by atoms with Crippen LogP contribution in [0.25, 0.3) is 0 Å². The molecule has 1 fully saturated rings. The van der Waals surface area contributed by atoms with Gasteiger partial charge in [-0.05, 0) is 6.07 Å². The molecule has 0 aromatic carbocycles. The average Bonchev–Trinajstić information content (AvgIpc) is 2.40. The van der Waals surface area contributed by atoms with Crippen molar-refractivity contribution in [1.82, 2.24) is 15.2 Å². The van der Waals surface area contributed by atoms with Crippen LogP contribution in [-0.2, 0) is 9.59 Å². The number of carbonyl (C=O) groups excluding carboxylic acids is 2. The molecule has 1 atom stereocenters.